The molecule has 0 heterocycles. The maximum Gasteiger partial charge on any atom is 0.274 e. The van der Waals surface area contributed by atoms with Crippen LogP contribution in [0.2, 0.25) is 0 Å². The Kier molecular flexibility index (Phi) is 4.22. The number of anilines is 1. The third kappa shape index (κ3) is 3.55. The Hall–Kier alpha value is -2.02. The number of halogens is 1. The lowest BCUT2D eigenvalue weighted by molar-refractivity contribution is -0.385. The van der Waals surface area contributed by atoms with Gasteiger partial charge in [-0.15, -0.1) is 0 Å². The number of hydrogen-bond acceptors (Lipinski definition) is 4. The number of nitro groups is 1. The smallest absolute Gasteiger partial charge is 0.274 e. The molecule has 0 spiro atoms. The van der Waals surface area contributed by atoms with Crippen molar-refractivity contribution in [1.29, 1.82) is 0 Å². The lowest BCUT2D eigenvalue weighted by Gasteiger charge is -2.35. The largest absolute Gasteiger partial charge is 0.324 e. The molecule has 1 aliphatic carbocycles. The Morgan fingerprint density at radius 2 is 2.24 bits per heavy atom. The van der Waals surface area contributed by atoms with Crippen LogP contribution in [0.15, 0.2) is 18.2 Å². The van der Waals surface area contributed by atoms with Crippen LogP contribution in [0, 0.1) is 21.8 Å². The molecule has 21 heavy (non-hydrogen) atoms. The minimum absolute atomic E-state index is 0.0507. The molecule has 1 aliphatic rings. The zero-order valence-electron chi connectivity index (χ0n) is 11.8. The summed E-state index contributed by atoms with van der Waals surface area (Å²) in [5.74, 6) is -0.854. The van der Waals surface area contributed by atoms with Crippen molar-refractivity contribution in [3.05, 3.63) is 34.1 Å². The molecular formula is C14H18FN3O3. The molecule has 0 aromatic heterocycles. The summed E-state index contributed by atoms with van der Waals surface area (Å²) < 4.78 is 13.4. The molecule has 1 saturated carbocycles. The summed E-state index contributed by atoms with van der Waals surface area (Å²) in [6.07, 6.45) is 2.99. The molecule has 1 amide bonds. The highest BCUT2D eigenvalue weighted by atomic mass is 19.1. The molecule has 2 rings (SSSR count). The number of nitrogens with zero attached hydrogens (tertiary/aromatic N) is 1. The van der Waals surface area contributed by atoms with Gasteiger partial charge in [0, 0.05) is 6.07 Å². The van der Waals surface area contributed by atoms with Gasteiger partial charge in [-0.3, -0.25) is 14.9 Å². The van der Waals surface area contributed by atoms with Crippen molar-refractivity contribution in [3.63, 3.8) is 0 Å². The van der Waals surface area contributed by atoms with Gasteiger partial charge in [0.1, 0.15) is 5.82 Å². The first-order chi connectivity index (χ1) is 9.80. The van der Waals surface area contributed by atoms with Crippen molar-refractivity contribution in [2.75, 3.05) is 5.32 Å². The van der Waals surface area contributed by atoms with E-state index in [2.05, 4.69) is 5.32 Å². The predicted octanol–water partition coefficient (Wildman–Crippen LogP) is 2.58. The van der Waals surface area contributed by atoms with E-state index in [0.29, 0.717) is 18.8 Å². The van der Waals surface area contributed by atoms with Crippen molar-refractivity contribution < 1.29 is 14.1 Å². The highest BCUT2D eigenvalue weighted by Gasteiger charge is 2.38. The van der Waals surface area contributed by atoms with Crippen LogP contribution in [0.5, 0.6) is 0 Å². The number of non-ortho nitro benzene ring substituents is 1. The highest BCUT2D eigenvalue weighted by molar-refractivity contribution is 5.98. The maximum atomic E-state index is 13.4. The fourth-order valence-corrected chi connectivity index (χ4v) is 2.81. The van der Waals surface area contributed by atoms with Crippen molar-refractivity contribution >= 4 is 17.3 Å². The van der Waals surface area contributed by atoms with E-state index in [9.17, 15) is 19.3 Å². The summed E-state index contributed by atoms with van der Waals surface area (Å²) in [7, 11) is 0. The van der Waals surface area contributed by atoms with Gasteiger partial charge >= 0.3 is 0 Å². The van der Waals surface area contributed by atoms with Gasteiger partial charge in [0.05, 0.1) is 22.2 Å². The average molecular weight is 295 g/mol. The number of amides is 1. The molecular weight excluding hydrogens is 277 g/mol. The lowest BCUT2D eigenvalue weighted by Crippen LogP contribution is -2.53. The minimum Gasteiger partial charge on any atom is -0.324 e. The molecule has 1 aromatic carbocycles. The first kappa shape index (κ1) is 15.4. The second-order valence-corrected chi connectivity index (χ2v) is 5.77. The van der Waals surface area contributed by atoms with Gasteiger partial charge in [0.2, 0.25) is 5.91 Å². The molecule has 114 valence electrons. The molecule has 0 aliphatic heterocycles. The van der Waals surface area contributed by atoms with Crippen LogP contribution in [-0.2, 0) is 4.79 Å². The summed E-state index contributed by atoms with van der Waals surface area (Å²) in [5.41, 5.74) is 4.78. The number of benzene rings is 1. The Morgan fingerprint density at radius 3 is 2.86 bits per heavy atom. The van der Waals surface area contributed by atoms with E-state index >= 15 is 0 Å². The minimum atomic E-state index is -1.00. The quantitative estimate of drug-likeness (QED) is 0.661. The van der Waals surface area contributed by atoms with E-state index in [1.165, 1.54) is 0 Å². The molecule has 1 fully saturated rings. The molecule has 7 heteroatoms. The number of rotatable bonds is 3. The van der Waals surface area contributed by atoms with Gasteiger partial charge in [0.15, 0.2) is 0 Å². The molecule has 6 nitrogen and oxygen atoms in total. The van der Waals surface area contributed by atoms with E-state index < -0.39 is 27.9 Å². The number of nitro benzene ring substituents is 1. The van der Waals surface area contributed by atoms with Gasteiger partial charge in [-0.2, -0.15) is 0 Å². The maximum absolute atomic E-state index is 13.4. The second-order valence-electron chi connectivity index (χ2n) is 5.77. The average Bonchev–Trinajstić information content (AvgIpc) is 2.37. The van der Waals surface area contributed by atoms with Crippen molar-refractivity contribution in [2.24, 2.45) is 11.7 Å². The van der Waals surface area contributed by atoms with Gasteiger partial charge in [0.25, 0.3) is 5.69 Å². The molecule has 0 radical (unpaired) electrons. The van der Waals surface area contributed by atoms with Crippen molar-refractivity contribution in [1.82, 2.24) is 0 Å². The van der Waals surface area contributed by atoms with Gasteiger partial charge in [-0.1, -0.05) is 19.8 Å². The summed E-state index contributed by atoms with van der Waals surface area (Å²) in [5, 5.41) is 13.2. The Balaban J connectivity index is 2.17. The number of nitrogens with two attached hydrogens (primary N) is 1. The van der Waals surface area contributed by atoms with Crippen LogP contribution in [0.4, 0.5) is 15.8 Å². The third-order valence-electron chi connectivity index (χ3n) is 3.84. The van der Waals surface area contributed by atoms with Gasteiger partial charge in [-0.25, -0.2) is 4.39 Å². The molecule has 2 unspecified atom stereocenters. The molecule has 0 saturated heterocycles. The van der Waals surface area contributed by atoms with Gasteiger partial charge < -0.3 is 11.1 Å². The molecule has 2 atom stereocenters. The summed E-state index contributed by atoms with van der Waals surface area (Å²) in [4.78, 5) is 22.3. The van der Waals surface area contributed by atoms with E-state index in [1.807, 2.05) is 6.92 Å². The monoisotopic (exact) mass is 295 g/mol. The van der Waals surface area contributed by atoms with Crippen molar-refractivity contribution in [2.45, 2.75) is 38.1 Å². The predicted molar refractivity (Wildman–Crippen MR) is 76.2 cm³/mol. The Morgan fingerprint density at radius 1 is 1.52 bits per heavy atom. The second kappa shape index (κ2) is 5.77. The fourth-order valence-electron chi connectivity index (χ4n) is 2.81. The van der Waals surface area contributed by atoms with E-state index in [4.69, 9.17) is 5.73 Å². The van der Waals surface area contributed by atoms with Crippen LogP contribution < -0.4 is 11.1 Å². The van der Waals surface area contributed by atoms with E-state index in [1.54, 1.807) is 0 Å². The number of hydrogen-bond donors (Lipinski definition) is 2. The lowest BCUT2D eigenvalue weighted by atomic mass is 9.76. The van der Waals surface area contributed by atoms with E-state index in [0.717, 1.165) is 31.0 Å². The van der Waals surface area contributed by atoms with Crippen LogP contribution in [0.25, 0.3) is 0 Å². The normalized spacial score (nSPS) is 25.4. The third-order valence-corrected chi connectivity index (χ3v) is 3.84. The molecule has 0 bridgehead atoms. The zero-order valence-corrected chi connectivity index (χ0v) is 11.8. The number of carbonyl (C=O) groups excluding carboxylic acids is 1. The molecule has 1 aromatic rings. The highest BCUT2D eigenvalue weighted by Crippen LogP contribution is 2.31. The standard InChI is InChI=1S/C14H18FN3O3/c1-9-3-2-4-14(16,8-9)13(19)17-11-5-10(15)6-12(7-11)18(20)21/h5-7,9H,2-4,8,16H2,1H3,(H,17,19). The number of nitrogens with one attached hydrogen (secondary N) is 1. The van der Waals surface area contributed by atoms with Crippen LogP contribution >= 0.6 is 0 Å². The van der Waals surface area contributed by atoms with Crippen molar-refractivity contribution in [3.8, 4) is 0 Å². The summed E-state index contributed by atoms with van der Waals surface area (Å²) in [6.45, 7) is 2.03. The Bertz CT molecular complexity index is 579. The molecule has 3 N–H and O–H groups in total. The van der Waals surface area contributed by atoms with E-state index in [-0.39, 0.29) is 5.69 Å². The summed E-state index contributed by atoms with van der Waals surface area (Å²) in [6, 6.07) is 2.97. The Labute approximate surface area is 121 Å². The van der Waals surface area contributed by atoms with Crippen LogP contribution in [-0.4, -0.2) is 16.4 Å². The SMILES string of the molecule is CC1CCCC(N)(C(=O)Nc2cc(F)cc([N+](=O)[O-])c2)C1. The zero-order chi connectivity index (χ0) is 15.6. The van der Waals surface area contributed by atoms with Crippen LogP contribution in [0.1, 0.15) is 32.6 Å². The number of carbonyl (C=O) groups is 1. The van der Waals surface area contributed by atoms with Crippen LogP contribution in [0.3, 0.4) is 0 Å². The van der Waals surface area contributed by atoms with Gasteiger partial charge in [-0.05, 0) is 24.8 Å². The first-order valence-electron chi connectivity index (χ1n) is 6.85. The summed E-state index contributed by atoms with van der Waals surface area (Å²) >= 11 is 0. The first-order valence-corrected chi connectivity index (χ1v) is 6.85. The fraction of sp³-hybridized carbons (Fsp3) is 0.500. The topological polar surface area (TPSA) is 98.3 Å².